The number of aryl methyl sites for hydroxylation is 1. The van der Waals surface area contributed by atoms with E-state index in [1.165, 1.54) is 29.9 Å². The minimum atomic E-state index is -1.91. The standard InChI is InChI=1S/C25H29FN2O3/c1-16-6-4-10-21(26)22(16)24(29)28-15-5-9-20(25(30)31)23(28)17-11-13-19(14-12-17)27-18-7-2-3-8-18/h4,6,10-14,18,20,23,27H,2-3,5,7-9,15H2,1H3,(H,30,31)/t20-,23-/m0/s1/i20D. The fourth-order valence-corrected chi connectivity index (χ4v) is 4.83. The number of rotatable bonds is 5. The van der Waals surface area contributed by atoms with E-state index >= 15 is 0 Å². The van der Waals surface area contributed by atoms with Gasteiger partial charge in [0, 0.05) is 19.6 Å². The number of hydrogen-bond acceptors (Lipinski definition) is 3. The third-order valence-corrected chi connectivity index (χ3v) is 6.41. The molecule has 0 bridgehead atoms. The topological polar surface area (TPSA) is 69.6 Å². The molecule has 2 atom stereocenters. The molecule has 1 heterocycles. The number of carbonyl (C=O) groups is 2. The van der Waals surface area contributed by atoms with Crippen LogP contribution in [0.15, 0.2) is 42.5 Å². The van der Waals surface area contributed by atoms with Crippen molar-refractivity contribution in [1.29, 1.82) is 0 Å². The van der Waals surface area contributed by atoms with Crippen LogP contribution in [-0.4, -0.2) is 34.5 Å². The molecule has 0 spiro atoms. The van der Waals surface area contributed by atoms with Crippen molar-refractivity contribution in [1.82, 2.24) is 4.90 Å². The normalized spacial score (nSPS) is 24.6. The first-order chi connectivity index (χ1) is 15.3. The van der Waals surface area contributed by atoms with Crippen LogP contribution in [0.3, 0.4) is 0 Å². The van der Waals surface area contributed by atoms with Crippen LogP contribution in [0.5, 0.6) is 0 Å². The summed E-state index contributed by atoms with van der Waals surface area (Å²) < 4.78 is 23.4. The summed E-state index contributed by atoms with van der Waals surface area (Å²) in [4.78, 5) is 27.0. The predicted molar refractivity (Wildman–Crippen MR) is 118 cm³/mol. The molecule has 31 heavy (non-hydrogen) atoms. The van der Waals surface area contributed by atoms with Crippen molar-refractivity contribution in [3.8, 4) is 0 Å². The van der Waals surface area contributed by atoms with Gasteiger partial charge in [-0.15, -0.1) is 0 Å². The molecular weight excluding hydrogens is 395 g/mol. The molecule has 2 N–H and O–H groups in total. The Labute approximate surface area is 183 Å². The van der Waals surface area contributed by atoms with Crippen LogP contribution < -0.4 is 5.32 Å². The summed E-state index contributed by atoms with van der Waals surface area (Å²) in [6.45, 7) is 1.93. The molecule has 2 aromatic carbocycles. The highest BCUT2D eigenvalue weighted by Gasteiger charge is 2.40. The van der Waals surface area contributed by atoms with Crippen LogP contribution in [0, 0.1) is 18.6 Å². The molecule has 0 radical (unpaired) electrons. The first kappa shape index (κ1) is 20.0. The SMILES string of the molecule is [2H][C@]1(C(=O)O)CCCN(C(=O)c2c(C)cccc2F)[C@H]1c1ccc(NC2CCCC2)cc1. The fourth-order valence-electron chi connectivity index (χ4n) is 4.83. The molecule has 4 rings (SSSR count). The molecule has 1 amide bonds. The van der Waals surface area contributed by atoms with Gasteiger partial charge >= 0.3 is 5.97 Å². The second-order valence-corrected chi connectivity index (χ2v) is 8.51. The molecule has 0 unspecified atom stereocenters. The molecule has 1 aliphatic carbocycles. The third kappa shape index (κ3) is 4.43. The molecule has 0 aromatic heterocycles. The molecule has 1 saturated heterocycles. The van der Waals surface area contributed by atoms with E-state index in [2.05, 4.69) is 5.32 Å². The fraction of sp³-hybridized carbons (Fsp3) is 0.440. The van der Waals surface area contributed by atoms with Gasteiger partial charge in [0.1, 0.15) is 5.82 Å². The molecule has 164 valence electrons. The number of amides is 1. The number of carboxylic acid groups (broad SMARTS) is 1. The monoisotopic (exact) mass is 425 g/mol. The lowest BCUT2D eigenvalue weighted by Crippen LogP contribution is -2.45. The molecule has 2 aliphatic rings. The van der Waals surface area contributed by atoms with E-state index in [0.717, 1.165) is 18.5 Å². The van der Waals surface area contributed by atoms with Crippen LogP contribution in [-0.2, 0) is 4.79 Å². The number of carbonyl (C=O) groups excluding carboxylic acids is 1. The maximum atomic E-state index is 14.6. The van der Waals surface area contributed by atoms with Crippen LogP contribution in [0.1, 0.15) is 67.4 Å². The molecule has 1 saturated carbocycles. The van der Waals surface area contributed by atoms with Gasteiger partial charge < -0.3 is 15.3 Å². The Morgan fingerprint density at radius 2 is 1.81 bits per heavy atom. The lowest BCUT2D eigenvalue weighted by Gasteiger charge is -2.40. The molecule has 2 aromatic rings. The van der Waals surface area contributed by atoms with Gasteiger partial charge in [-0.3, -0.25) is 9.59 Å². The number of likely N-dealkylation sites (tertiary alicyclic amines) is 1. The number of hydrogen-bond donors (Lipinski definition) is 2. The van der Waals surface area contributed by atoms with Crippen molar-refractivity contribution >= 4 is 17.6 Å². The van der Waals surface area contributed by atoms with Crippen molar-refractivity contribution in [3.63, 3.8) is 0 Å². The van der Waals surface area contributed by atoms with Gasteiger partial charge in [0.15, 0.2) is 0 Å². The number of anilines is 1. The van der Waals surface area contributed by atoms with Crippen molar-refractivity contribution in [3.05, 3.63) is 65.0 Å². The maximum absolute atomic E-state index is 14.6. The van der Waals surface area contributed by atoms with Crippen molar-refractivity contribution in [2.45, 2.75) is 57.5 Å². The van der Waals surface area contributed by atoms with Gasteiger partial charge in [0.05, 0.1) is 17.5 Å². The molecule has 2 fully saturated rings. The Morgan fingerprint density at radius 1 is 1.10 bits per heavy atom. The highest BCUT2D eigenvalue weighted by atomic mass is 19.1. The Kier molecular flexibility index (Phi) is 5.87. The number of halogens is 1. The van der Waals surface area contributed by atoms with E-state index in [1.54, 1.807) is 25.1 Å². The quantitative estimate of drug-likeness (QED) is 0.694. The smallest absolute Gasteiger partial charge is 0.308 e. The van der Waals surface area contributed by atoms with Crippen LogP contribution in [0.4, 0.5) is 10.1 Å². The zero-order chi connectivity index (χ0) is 22.9. The van der Waals surface area contributed by atoms with E-state index in [1.807, 2.05) is 12.1 Å². The summed E-state index contributed by atoms with van der Waals surface area (Å²) in [5.41, 5.74) is 1.93. The van der Waals surface area contributed by atoms with Gasteiger partial charge in [-0.25, -0.2) is 4.39 Å². The molecule has 5 nitrogen and oxygen atoms in total. The van der Waals surface area contributed by atoms with E-state index < -0.39 is 29.6 Å². The Hall–Kier alpha value is -2.89. The van der Waals surface area contributed by atoms with Gasteiger partial charge in [-0.1, -0.05) is 37.1 Å². The zero-order valence-corrected chi connectivity index (χ0v) is 17.7. The lowest BCUT2D eigenvalue weighted by molar-refractivity contribution is -0.145. The van der Waals surface area contributed by atoms with E-state index in [9.17, 15) is 19.1 Å². The van der Waals surface area contributed by atoms with Crippen LogP contribution in [0.25, 0.3) is 0 Å². The van der Waals surface area contributed by atoms with Crippen molar-refractivity contribution in [2.75, 3.05) is 11.9 Å². The number of benzene rings is 2. The van der Waals surface area contributed by atoms with E-state index in [-0.39, 0.29) is 18.5 Å². The van der Waals surface area contributed by atoms with Crippen molar-refractivity contribution < 1.29 is 20.5 Å². The number of aliphatic carboxylic acids is 1. The average Bonchev–Trinajstić information content (AvgIpc) is 3.27. The Morgan fingerprint density at radius 3 is 2.45 bits per heavy atom. The molecule has 6 heteroatoms. The van der Waals surface area contributed by atoms with Crippen LogP contribution in [0.2, 0.25) is 0 Å². The summed E-state index contributed by atoms with van der Waals surface area (Å²) in [7, 11) is 0. The van der Waals surface area contributed by atoms with Crippen molar-refractivity contribution in [2.24, 2.45) is 5.89 Å². The van der Waals surface area contributed by atoms with Crippen LogP contribution >= 0.6 is 0 Å². The minimum absolute atomic E-state index is 0.0633. The van der Waals surface area contributed by atoms with Gasteiger partial charge in [-0.05, 0) is 61.9 Å². The van der Waals surface area contributed by atoms with Gasteiger partial charge in [0.2, 0.25) is 0 Å². The summed E-state index contributed by atoms with van der Waals surface area (Å²) in [5, 5.41) is 13.4. The Bertz CT molecular complexity index is 986. The highest BCUT2D eigenvalue weighted by Crippen LogP contribution is 2.38. The summed E-state index contributed by atoms with van der Waals surface area (Å²) in [6, 6.07) is 11.2. The number of nitrogens with zero attached hydrogens (tertiary/aromatic N) is 1. The number of piperidine rings is 1. The second kappa shape index (κ2) is 9.08. The van der Waals surface area contributed by atoms with E-state index in [0.29, 0.717) is 23.6 Å². The Balaban J connectivity index is 1.70. The van der Waals surface area contributed by atoms with Gasteiger partial charge in [0.25, 0.3) is 5.91 Å². The number of carboxylic acids is 1. The summed E-state index contributed by atoms with van der Waals surface area (Å²) in [5.74, 6) is -4.40. The first-order valence-electron chi connectivity index (χ1n) is 11.5. The summed E-state index contributed by atoms with van der Waals surface area (Å²) in [6.07, 6.45) is 5.17. The summed E-state index contributed by atoms with van der Waals surface area (Å²) >= 11 is 0. The lowest BCUT2D eigenvalue weighted by atomic mass is 9.84. The first-order valence-corrected chi connectivity index (χ1v) is 11.0. The largest absolute Gasteiger partial charge is 0.481 e. The molecular formula is C25H29FN2O3. The van der Waals surface area contributed by atoms with E-state index in [4.69, 9.17) is 1.37 Å². The van der Waals surface area contributed by atoms with Gasteiger partial charge in [-0.2, -0.15) is 0 Å². The highest BCUT2D eigenvalue weighted by molar-refractivity contribution is 5.96. The molecule has 1 aliphatic heterocycles. The minimum Gasteiger partial charge on any atom is -0.481 e. The zero-order valence-electron chi connectivity index (χ0n) is 18.7. The second-order valence-electron chi connectivity index (χ2n) is 8.51. The predicted octanol–water partition coefficient (Wildman–Crippen LogP) is 5.17. The average molecular weight is 426 g/mol. The number of nitrogens with one attached hydrogen (secondary N) is 1. The third-order valence-electron chi connectivity index (χ3n) is 6.41. The maximum Gasteiger partial charge on any atom is 0.308 e.